The number of aliphatic carboxylic acids is 2. The maximum Gasteiger partial charge on any atom is 0.334 e. The number of non-ortho nitro benzene ring substituents is 1. The summed E-state index contributed by atoms with van der Waals surface area (Å²) in [6, 6.07) is 11.5. The molecule has 2 aromatic carbocycles. The SMILES string of the molecule is CC1=C2C(=N[N+]1(C)/C(=C\C(=O)O)C(=O)[O-])CCN(c1ccccc1Cl)c1cc([N+](=O)[O-])ccc12. The van der Waals surface area contributed by atoms with E-state index in [0.717, 1.165) is 0 Å². The summed E-state index contributed by atoms with van der Waals surface area (Å²) >= 11 is 6.44. The summed E-state index contributed by atoms with van der Waals surface area (Å²) in [7, 11) is 1.46. The molecule has 1 unspecified atom stereocenters. The minimum Gasteiger partial charge on any atom is -0.540 e. The number of carboxylic acid groups (broad SMARTS) is 2. The Labute approximate surface area is 199 Å². The fourth-order valence-corrected chi connectivity index (χ4v) is 4.60. The van der Waals surface area contributed by atoms with Crippen LogP contribution < -0.4 is 10.0 Å². The molecule has 11 heteroatoms. The number of allylic oxidation sites excluding steroid dienone is 2. The minimum atomic E-state index is -1.66. The monoisotopic (exact) mass is 482 g/mol. The zero-order valence-electron chi connectivity index (χ0n) is 18.2. The molecule has 174 valence electrons. The molecule has 2 heterocycles. The Morgan fingerprint density at radius 1 is 1.24 bits per heavy atom. The zero-order valence-corrected chi connectivity index (χ0v) is 18.9. The number of halogens is 1. The van der Waals surface area contributed by atoms with Gasteiger partial charge in [0.25, 0.3) is 5.69 Å². The molecule has 2 aliphatic heterocycles. The molecule has 0 fully saturated rings. The summed E-state index contributed by atoms with van der Waals surface area (Å²) in [5, 5.41) is 37.6. The molecule has 10 nitrogen and oxygen atoms in total. The van der Waals surface area contributed by atoms with E-state index in [1.165, 1.54) is 19.2 Å². The van der Waals surface area contributed by atoms with Gasteiger partial charge in [-0.3, -0.25) is 10.1 Å². The predicted octanol–water partition coefficient (Wildman–Crippen LogP) is 3.06. The number of carbonyl (C=O) groups is 2. The van der Waals surface area contributed by atoms with Crippen molar-refractivity contribution >= 4 is 51.9 Å². The third-order valence-electron chi connectivity index (χ3n) is 6.03. The number of hydrogen-bond donors (Lipinski definition) is 1. The lowest BCUT2D eigenvalue weighted by Crippen LogP contribution is -2.43. The number of likely N-dealkylation sites (N-methyl/N-ethyl adjacent to an activating group) is 1. The maximum atomic E-state index is 11.8. The number of carbonyl (C=O) groups excluding carboxylic acids is 1. The average Bonchev–Trinajstić information content (AvgIpc) is 2.93. The number of nitro groups is 1. The van der Waals surface area contributed by atoms with E-state index in [9.17, 15) is 29.9 Å². The fourth-order valence-electron chi connectivity index (χ4n) is 4.36. The largest absolute Gasteiger partial charge is 0.540 e. The lowest BCUT2D eigenvalue weighted by Gasteiger charge is -2.28. The van der Waals surface area contributed by atoms with Gasteiger partial charge in [-0.1, -0.05) is 28.8 Å². The Hall–Kier alpha value is -4.02. The number of quaternary nitrogens is 1. The lowest BCUT2D eigenvalue weighted by atomic mass is 9.97. The van der Waals surface area contributed by atoms with Crippen LogP contribution in [0.1, 0.15) is 18.9 Å². The molecule has 34 heavy (non-hydrogen) atoms. The van der Waals surface area contributed by atoms with E-state index in [4.69, 9.17) is 11.6 Å². The minimum absolute atomic E-state index is 0.120. The van der Waals surface area contributed by atoms with Crippen molar-refractivity contribution in [3.8, 4) is 0 Å². The Bertz CT molecular complexity index is 1350. The number of hydrogen-bond acceptors (Lipinski definition) is 7. The summed E-state index contributed by atoms with van der Waals surface area (Å²) in [5.74, 6) is -3.10. The Morgan fingerprint density at radius 2 is 1.94 bits per heavy atom. The Kier molecular flexibility index (Phi) is 5.72. The second kappa shape index (κ2) is 8.40. The topological polar surface area (TPSA) is 136 Å². The standard InChI is InChI=1S/C23H19ClN4O6/c1-13-22-15-8-7-14(27(33)34)11-19(15)26(18-6-4-3-5-16(18)24)10-9-17(22)25-28(13,2)20(23(31)32)12-21(29)30/h3-8,11-12H,9-10H2,1-2H3,(H-,29,30,31,32)/b20-12-. The third kappa shape index (κ3) is 3.72. The van der Waals surface area contributed by atoms with Crippen molar-refractivity contribution in [2.45, 2.75) is 13.3 Å². The molecule has 0 aliphatic carbocycles. The molecule has 0 radical (unpaired) electrons. The predicted molar refractivity (Wildman–Crippen MR) is 123 cm³/mol. The highest BCUT2D eigenvalue weighted by molar-refractivity contribution is 6.33. The van der Waals surface area contributed by atoms with Gasteiger partial charge in [-0.05, 0) is 18.2 Å². The van der Waals surface area contributed by atoms with Crippen molar-refractivity contribution in [1.82, 2.24) is 0 Å². The molecule has 1 N–H and O–H groups in total. The molecule has 2 aliphatic rings. The van der Waals surface area contributed by atoms with Crippen molar-refractivity contribution in [2.24, 2.45) is 5.10 Å². The number of anilines is 2. The van der Waals surface area contributed by atoms with Gasteiger partial charge in [-0.15, -0.1) is 4.59 Å². The van der Waals surface area contributed by atoms with Gasteiger partial charge in [0.2, 0.25) is 0 Å². The van der Waals surface area contributed by atoms with E-state index < -0.39 is 27.2 Å². The van der Waals surface area contributed by atoms with Gasteiger partial charge < -0.3 is 19.9 Å². The van der Waals surface area contributed by atoms with Gasteiger partial charge in [-0.25, -0.2) is 4.79 Å². The van der Waals surface area contributed by atoms with Gasteiger partial charge in [-0.2, -0.15) is 0 Å². The van der Waals surface area contributed by atoms with Crippen LogP contribution in [0.5, 0.6) is 0 Å². The molecule has 1 atom stereocenters. The summed E-state index contributed by atoms with van der Waals surface area (Å²) < 4.78 is -0.637. The molecule has 0 amide bonds. The highest BCUT2D eigenvalue weighted by Gasteiger charge is 2.44. The zero-order chi connectivity index (χ0) is 24.8. The van der Waals surface area contributed by atoms with Gasteiger partial charge in [0.05, 0.1) is 33.0 Å². The maximum absolute atomic E-state index is 11.8. The second-order valence-electron chi connectivity index (χ2n) is 7.93. The number of para-hydroxylation sites is 1. The van der Waals surface area contributed by atoms with E-state index in [1.807, 2.05) is 11.0 Å². The van der Waals surface area contributed by atoms with Crippen LogP contribution in [-0.4, -0.2) is 45.9 Å². The number of benzene rings is 2. The number of carboxylic acids is 2. The van der Waals surface area contributed by atoms with E-state index in [2.05, 4.69) is 5.10 Å². The van der Waals surface area contributed by atoms with Crippen LogP contribution in [0.25, 0.3) is 5.57 Å². The first kappa shape index (κ1) is 23.1. The number of nitro benzene ring substituents is 1. The van der Waals surface area contributed by atoms with Gasteiger partial charge in [0, 0.05) is 37.6 Å². The fraction of sp³-hybridized carbons (Fsp3) is 0.174. The van der Waals surface area contributed by atoms with Crippen molar-refractivity contribution in [3.63, 3.8) is 0 Å². The van der Waals surface area contributed by atoms with E-state index in [-0.39, 0.29) is 5.69 Å². The molecular weight excluding hydrogens is 464 g/mol. The highest BCUT2D eigenvalue weighted by atomic mass is 35.5. The summed E-state index contributed by atoms with van der Waals surface area (Å²) in [6.07, 6.45) is 0.920. The molecule has 0 bridgehead atoms. The molecular formula is C23H19ClN4O6. The van der Waals surface area contributed by atoms with E-state index in [0.29, 0.717) is 58.0 Å². The Morgan fingerprint density at radius 3 is 2.56 bits per heavy atom. The first-order valence-electron chi connectivity index (χ1n) is 10.2. The van der Waals surface area contributed by atoms with Crippen LogP contribution in [0.3, 0.4) is 0 Å². The molecule has 0 saturated heterocycles. The summed E-state index contributed by atoms with van der Waals surface area (Å²) in [4.78, 5) is 36.0. The van der Waals surface area contributed by atoms with Gasteiger partial charge >= 0.3 is 5.97 Å². The smallest absolute Gasteiger partial charge is 0.334 e. The first-order valence-corrected chi connectivity index (χ1v) is 10.6. The number of nitrogens with zero attached hydrogens (tertiary/aromatic N) is 4. The van der Waals surface area contributed by atoms with Crippen molar-refractivity contribution in [2.75, 3.05) is 18.5 Å². The van der Waals surface area contributed by atoms with E-state index >= 15 is 0 Å². The molecule has 0 saturated carbocycles. The second-order valence-corrected chi connectivity index (χ2v) is 8.34. The van der Waals surface area contributed by atoms with Crippen LogP contribution in [0.4, 0.5) is 17.1 Å². The van der Waals surface area contributed by atoms with Crippen molar-refractivity contribution in [1.29, 1.82) is 0 Å². The number of fused-ring (bicyclic) bond motifs is 3. The van der Waals surface area contributed by atoms with Crippen molar-refractivity contribution in [3.05, 3.63) is 80.6 Å². The van der Waals surface area contributed by atoms with Gasteiger partial charge in [0.15, 0.2) is 5.70 Å². The van der Waals surface area contributed by atoms with Crippen LogP contribution in [0.15, 0.2) is 65.0 Å². The quantitative estimate of drug-likeness (QED) is 0.299. The average molecular weight is 483 g/mol. The first-order chi connectivity index (χ1) is 16.0. The number of rotatable bonds is 5. The van der Waals surface area contributed by atoms with Crippen LogP contribution in [-0.2, 0) is 9.59 Å². The summed E-state index contributed by atoms with van der Waals surface area (Å²) in [5.41, 5.74) is 2.68. The lowest BCUT2D eigenvalue weighted by molar-refractivity contribution is -0.835. The third-order valence-corrected chi connectivity index (χ3v) is 6.35. The van der Waals surface area contributed by atoms with Crippen LogP contribution in [0, 0.1) is 10.1 Å². The Balaban J connectivity index is 1.99. The van der Waals surface area contributed by atoms with Crippen LogP contribution in [0.2, 0.25) is 5.02 Å². The van der Waals surface area contributed by atoms with Crippen LogP contribution >= 0.6 is 11.6 Å². The molecule has 4 rings (SSSR count). The molecule has 0 aromatic heterocycles. The normalized spacial score (nSPS) is 19.8. The van der Waals surface area contributed by atoms with Crippen molar-refractivity contribution < 1.29 is 29.3 Å². The molecule has 0 spiro atoms. The van der Waals surface area contributed by atoms with E-state index in [1.54, 1.807) is 31.2 Å². The molecule has 2 aromatic rings. The summed E-state index contributed by atoms with van der Waals surface area (Å²) in [6.45, 7) is 2.00. The van der Waals surface area contributed by atoms with Gasteiger partial charge in [0.1, 0.15) is 24.4 Å². The highest BCUT2D eigenvalue weighted by Crippen LogP contribution is 2.46.